The van der Waals surface area contributed by atoms with Crippen LogP contribution in [0.15, 0.2) is 6.20 Å². The van der Waals surface area contributed by atoms with Gasteiger partial charge in [0.05, 0.1) is 12.2 Å². The summed E-state index contributed by atoms with van der Waals surface area (Å²) < 4.78 is 1.82. The molecule has 5 nitrogen and oxygen atoms in total. The summed E-state index contributed by atoms with van der Waals surface area (Å²) in [6.45, 7) is 4.62. The summed E-state index contributed by atoms with van der Waals surface area (Å²) in [6, 6.07) is -0.00361. The highest BCUT2D eigenvalue weighted by molar-refractivity contribution is 5.77. The van der Waals surface area contributed by atoms with Crippen molar-refractivity contribution in [3.63, 3.8) is 0 Å². The SMILES string of the molecule is Cc1c(C(C)NC(=O)CC2(CN)CCC2)cnn1C. The highest BCUT2D eigenvalue weighted by Crippen LogP contribution is 2.42. The minimum Gasteiger partial charge on any atom is -0.349 e. The largest absolute Gasteiger partial charge is 0.349 e. The van der Waals surface area contributed by atoms with E-state index in [1.54, 1.807) is 0 Å². The van der Waals surface area contributed by atoms with E-state index in [4.69, 9.17) is 5.73 Å². The fourth-order valence-electron chi connectivity index (χ4n) is 2.78. The van der Waals surface area contributed by atoms with E-state index in [0.717, 1.165) is 24.1 Å². The van der Waals surface area contributed by atoms with Gasteiger partial charge in [0.25, 0.3) is 0 Å². The lowest BCUT2D eigenvalue weighted by Gasteiger charge is -2.40. The molecule has 0 aliphatic heterocycles. The molecule has 2 rings (SSSR count). The first-order chi connectivity index (χ1) is 8.97. The van der Waals surface area contributed by atoms with Gasteiger partial charge in [-0.05, 0) is 38.6 Å². The van der Waals surface area contributed by atoms with E-state index in [2.05, 4.69) is 10.4 Å². The van der Waals surface area contributed by atoms with Gasteiger partial charge in [-0.3, -0.25) is 9.48 Å². The van der Waals surface area contributed by atoms with Gasteiger partial charge in [0, 0.05) is 24.7 Å². The van der Waals surface area contributed by atoms with Crippen molar-refractivity contribution >= 4 is 5.91 Å². The fraction of sp³-hybridized carbons (Fsp3) is 0.714. The monoisotopic (exact) mass is 264 g/mol. The maximum absolute atomic E-state index is 12.1. The molecular weight excluding hydrogens is 240 g/mol. The highest BCUT2D eigenvalue weighted by atomic mass is 16.1. The molecule has 1 aliphatic rings. The van der Waals surface area contributed by atoms with Crippen LogP contribution in [0.5, 0.6) is 0 Å². The number of nitrogens with two attached hydrogens (primary N) is 1. The second kappa shape index (κ2) is 5.33. The van der Waals surface area contributed by atoms with Crippen LogP contribution in [0.4, 0.5) is 0 Å². The van der Waals surface area contributed by atoms with E-state index in [0.29, 0.717) is 13.0 Å². The summed E-state index contributed by atoms with van der Waals surface area (Å²) in [4.78, 5) is 12.1. The number of aromatic nitrogens is 2. The molecule has 0 aromatic carbocycles. The average Bonchev–Trinajstić information content (AvgIpc) is 2.65. The minimum atomic E-state index is -0.00361. The van der Waals surface area contributed by atoms with Crippen LogP contribution >= 0.6 is 0 Å². The average molecular weight is 264 g/mol. The number of carbonyl (C=O) groups excluding carboxylic acids is 1. The number of rotatable bonds is 5. The Morgan fingerprint density at radius 1 is 1.63 bits per heavy atom. The maximum atomic E-state index is 12.1. The molecule has 1 unspecified atom stereocenters. The Morgan fingerprint density at radius 2 is 2.32 bits per heavy atom. The molecule has 0 radical (unpaired) electrons. The van der Waals surface area contributed by atoms with Gasteiger partial charge >= 0.3 is 0 Å². The molecule has 1 aromatic heterocycles. The number of hydrogen-bond donors (Lipinski definition) is 2. The van der Waals surface area contributed by atoms with Gasteiger partial charge in [-0.1, -0.05) is 6.42 Å². The first-order valence-corrected chi connectivity index (χ1v) is 6.95. The molecule has 106 valence electrons. The third kappa shape index (κ3) is 2.81. The molecule has 1 heterocycles. The van der Waals surface area contributed by atoms with E-state index < -0.39 is 0 Å². The predicted octanol–water partition coefficient (Wildman–Crippen LogP) is 1.42. The van der Waals surface area contributed by atoms with Gasteiger partial charge in [-0.15, -0.1) is 0 Å². The van der Waals surface area contributed by atoms with Crippen molar-refractivity contribution in [2.75, 3.05) is 6.54 Å². The molecule has 0 bridgehead atoms. The second-order valence-corrected chi connectivity index (χ2v) is 5.83. The highest BCUT2D eigenvalue weighted by Gasteiger charge is 2.37. The molecule has 1 aromatic rings. The Kier molecular flexibility index (Phi) is 3.94. The van der Waals surface area contributed by atoms with Crippen molar-refractivity contribution in [2.24, 2.45) is 18.2 Å². The number of nitrogens with zero attached hydrogens (tertiary/aromatic N) is 2. The summed E-state index contributed by atoms with van der Waals surface area (Å²) in [6.07, 6.45) is 5.73. The zero-order valence-electron chi connectivity index (χ0n) is 12.1. The molecule has 1 saturated carbocycles. The van der Waals surface area contributed by atoms with Gasteiger partial charge in [0.1, 0.15) is 0 Å². The van der Waals surface area contributed by atoms with Crippen LogP contribution in [0.1, 0.15) is 49.9 Å². The van der Waals surface area contributed by atoms with Gasteiger partial charge in [-0.2, -0.15) is 5.10 Å². The Labute approximate surface area is 114 Å². The molecule has 0 saturated heterocycles. The summed E-state index contributed by atoms with van der Waals surface area (Å²) in [5.74, 6) is 0.0981. The zero-order chi connectivity index (χ0) is 14.0. The molecule has 1 aliphatic carbocycles. The number of aryl methyl sites for hydroxylation is 1. The summed E-state index contributed by atoms with van der Waals surface area (Å²) in [5, 5.41) is 7.27. The molecule has 0 spiro atoms. The van der Waals surface area contributed by atoms with Crippen LogP contribution in [0.25, 0.3) is 0 Å². The van der Waals surface area contributed by atoms with Gasteiger partial charge in [0.2, 0.25) is 5.91 Å². The van der Waals surface area contributed by atoms with Gasteiger partial charge in [0.15, 0.2) is 0 Å². The Balaban J connectivity index is 1.93. The van der Waals surface area contributed by atoms with Crippen LogP contribution in [0, 0.1) is 12.3 Å². The van der Waals surface area contributed by atoms with E-state index >= 15 is 0 Å². The predicted molar refractivity (Wildman–Crippen MR) is 74.5 cm³/mol. The zero-order valence-corrected chi connectivity index (χ0v) is 12.1. The summed E-state index contributed by atoms with van der Waals surface area (Å²) in [5.41, 5.74) is 8.02. The second-order valence-electron chi connectivity index (χ2n) is 5.83. The van der Waals surface area contributed by atoms with Crippen LogP contribution in [0.3, 0.4) is 0 Å². The van der Waals surface area contributed by atoms with Crippen molar-refractivity contribution in [3.05, 3.63) is 17.5 Å². The van der Waals surface area contributed by atoms with Gasteiger partial charge in [-0.25, -0.2) is 0 Å². The minimum absolute atomic E-state index is 0.00361. The molecule has 5 heteroatoms. The van der Waals surface area contributed by atoms with Crippen LogP contribution in [-0.2, 0) is 11.8 Å². The van der Waals surface area contributed by atoms with E-state index in [9.17, 15) is 4.79 Å². The van der Waals surface area contributed by atoms with Crippen LogP contribution in [-0.4, -0.2) is 22.2 Å². The lowest BCUT2D eigenvalue weighted by Crippen LogP contribution is -2.42. The van der Waals surface area contributed by atoms with E-state index in [-0.39, 0.29) is 17.4 Å². The molecule has 1 fully saturated rings. The number of nitrogens with one attached hydrogen (secondary N) is 1. The molecular formula is C14H24N4O. The summed E-state index contributed by atoms with van der Waals surface area (Å²) >= 11 is 0. The molecule has 1 atom stereocenters. The van der Waals surface area contributed by atoms with Crippen molar-refractivity contribution in [1.29, 1.82) is 0 Å². The maximum Gasteiger partial charge on any atom is 0.221 e. The lowest BCUT2D eigenvalue weighted by molar-refractivity contribution is -0.125. The Morgan fingerprint density at radius 3 is 2.74 bits per heavy atom. The number of amides is 1. The van der Waals surface area contributed by atoms with E-state index in [1.807, 2.05) is 31.8 Å². The standard InChI is InChI=1S/C14H24N4O/c1-10(12-8-16-18(3)11(12)2)17-13(19)7-14(9-15)5-4-6-14/h8,10H,4-7,9,15H2,1-3H3,(H,17,19). The van der Waals surface area contributed by atoms with Crippen molar-refractivity contribution < 1.29 is 4.79 Å². The Hall–Kier alpha value is -1.36. The molecule has 19 heavy (non-hydrogen) atoms. The topological polar surface area (TPSA) is 72.9 Å². The van der Waals surface area contributed by atoms with Gasteiger partial charge < -0.3 is 11.1 Å². The normalized spacial score (nSPS) is 18.7. The van der Waals surface area contributed by atoms with Crippen LogP contribution < -0.4 is 11.1 Å². The fourth-order valence-corrected chi connectivity index (χ4v) is 2.78. The first kappa shape index (κ1) is 14.1. The number of hydrogen-bond acceptors (Lipinski definition) is 3. The van der Waals surface area contributed by atoms with Crippen molar-refractivity contribution in [3.8, 4) is 0 Å². The molecule has 1 amide bonds. The smallest absolute Gasteiger partial charge is 0.221 e. The van der Waals surface area contributed by atoms with Crippen LogP contribution in [0.2, 0.25) is 0 Å². The van der Waals surface area contributed by atoms with E-state index in [1.165, 1.54) is 6.42 Å². The molecule has 3 N–H and O–H groups in total. The summed E-state index contributed by atoms with van der Waals surface area (Å²) in [7, 11) is 1.91. The quantitative estimate of drug-likeness (QED) is 0.845. The third-order valence-electron chi connectivity index (χ3n) is 4.50. The van der Waals surface area contributed by atoms with Crippen molar-refractivity contribution in [2.45, 2.75) is 45.6 Å². The third-order valence-corrected chi connectivity index (χ3v) is 4.50. The lowest BCUT2D eigenvalue weighted by atomic mass is 9.66. The first-order valence-electron chi connectivity index (χ1n) is 6.95. The number of carbonyl (C=O) groups is 1. The Bertz CT molecular complexity index is 457. The van der Waals surface area contributed by atoms with Crippen molar-refractivity contribution in [1.82, 2.24) is 15.1 Å².